The van der Waals surface area contributed by atoms with Gasteiger partial charge in [-0.05, 0) is 24.7 Å². The molecule has 3 rings (SSSR count). The van der Waals surface area contributed by atoms with Gasteiger partial charge in [0.2, 0.25) is 5.91 Å². The second kappa shape index (κ2) is 11.9. The van der Waals surface area contributed by atoms with Crippen molar-refractivity contribution < 1.29 is 14.4 Å². The van der Waals surface area contributed by atoms with Crippen molar-refractivity contribution in [3.05, 3.63) is 51.0 Å². The molecule has 1 aromatic heterocycles. The van der Waals surface area contributed by atoms with Crippen LogP contribution in [0.2, 0.25) is 0 Å². The number of hydrogen-bond acceptors (Lipinski definition) is 7. The van der Waals surface area contributed by atoms with E-state index in [2.05, 4.69) is 48.4 Å². The van der Waals surface area contributed by atoms with Gasteiger partial charge in [-0.2, -0.15) is 0 Å². The monoisotopic (exact) mass is 584 g/mol. The van der Waals surface area contributed by atoms with Crippen molar-refractivity contribution in [1.29, 1.82) is 0 Å². The summed E-state index contributed by atoms with van der Waals surface area (Å²) in [6, 6.07) is 6.63. The molecule has 0 fully saturated rings. The summed E-state index contributed by atoms with van der Waals surface area (Å²) in [5.74, 6) is -0.809. The van der Waals surface area contributed by atoms with E-state index < -0.39 is 6.04 Å². The summed E-state index contributed by atoms with van der Waals surface area (Å²) in [5.41, 5.74) is 2.68. The zero-order valence-corrected chi connectivity index (χ0v) is 22.0. The number of hydrogen-bond donors (Lipinski definition) is 3. The summed E-state index contributed by atoms with van der Waals surface area (Å²) in [7, 11) is 5.32. The third kappa shape index (κ3) is 6.95. The van der Waals surface area contributed by atoms with E-state index in [0.29, 0.717) is 10.6 Å². The Morgan fingerprint density at radius 3 is 2.61 bits per heavy atom. The molecule has 0 spiro atoms. The zero-order chi connectivity index (χ0) is 24.0. The highest BCUT2D eigenvalue weighted by Gasteiger charge is 2.26. The van der Waals surface area contributed by atoms with Crippen molar-refractivity contribution in [2.24, 2.45) is 0 Å². The highest BCUT2D eigenvalue weighted by atomic mass is 127. The Bertz CT molecular complexity index is 995. The number of alkyl halides is 1. The van der Waals surface area contributed by atoms with Crippen LogP contribution in [0.15, 0.2) is 24.3 Å². The summed E-state index contributed by atoms with van der Waals surface area (Å²) < 4.78 is 0.884. The van der Waals surface area contributed by atoms with Gasteiger partial charge in [0.15, 0.2) is 5.01 Å². The minimum Gasteiger partial charge on any atom is -0.347 e. The van der Waals surface area contributed by atoms with Gasteiger partial charge in [-0.15, -0.1) is 11.3 Å². The van der Waals surface area contributed by atoms with E-state index >= 15 is 0 Å². The van der Waals surface area contributed by atoms with Crippen LogP contribution in [-0.2, 0) is 22.2 Å². The lowest BCUT2D eigenvalue weighted by atomic mass is 10.1. The van der Waals surface area contributed by atoms with Gasteiger partial charge >= 0.3 is 0 Å². The lowest BCUT2D eigenvalue weighted by Gasteiger charge is -2.22. The number of carbonyl (C=O) groups excluding carboxylic acids is 3. The largest absolute Gasteiger partial charge is 0.347 e. The van der Waals surface area contributed by atoms with Crippen LogP contribution in [0, 0.1) is 0 Å². The molecule has 1 unspecified atom stereocenters. The third-order valence-electron chi connectivity index (χ3n) is 5.25. The number of fused-ring (bicyclic) bond motifs is 1. The van der Waals surface area contributed by atoms with Gasteiger partial charge in [-0.3, -0.25) is 19.7 Å². The number of carbonyl (C=O) groups is 3. The number of nitrogens with one attached hydrogen (secondary N) is 3. The lowest BCUT2D eigenvalue weighted by Crippen LogP contribution is -2.52. The van der Waals surface area contributed by atoms with Crippen LogP contribution in [0.25, 0.3) is 0 Å². The molecule has 0 saturated heterocycles. The maximum atomic E-state index is 12.8. The minimum absolute atomic E-state index is 0.165. The molecule has 3 N–H and O–H groups in total. The van der Waals surface area contributed by atoms with Crippen LogP contribution in [0.4, 0.5) is 0 Å². The van der Waals surface area contributed by atoms with E-state index in [4.69, 9.17) is 0 Å². The Morgan fingerprint density at radius 2 is 1.94 bits per heavy atom. The Balaban J connectivity index is 1.54. The zero-order valence-electron chi connectivity index (χ0n) is 19.0. The normalized spacial score (nSPS) is 14.3. The van der Waals surface area contributed by atoms with Gasteiger partial charge < -0.3 is 20.4 Å². The van der Waals surface area contributed by atoms with Crippen molar-refractivity contribution in [2.75, 3.05) is 40.9 Å². The molecule has 0 bridgehead atoms. The second-order valence-corrected chi connectivity index (χ2v) is 9.95. The number of halogens is 1. The summed E-state index contributed by atoms with van der Waals surface area (Å²) in [4.78, 5) is 46.9. The maximum absolute atomic E-state index is 12.8. The van der Waals surface area contributed by atoms with E-state index in [-0.39, 0.29) is 30.9 Å². The van der Waals surface area contributed by atoms with E-state index in [1.54, 1.807) is 26.2 Å². The first-order chi connectivity index (χ1) is 15.8. The van der Waals surface area contributed by atoms with Gasteiger partial charge in [0.1, 0.15) is 6.04 Å². The fourth-order valence-corrected chi connectivity index (χ4v) is 4.96. The van der Waals surface area contributed by atoms with Crippen LogP contribution >= 0.6 is 33.9 Å². The third-order valence-corrected chi connectivity index (χ3v) is 7.22. The number of nitrogens with zero attached hydrogens (tertiary/aromatic N) is 3. The van der Waals surface area contributed by atoms with Crippen molar-refractivity contribution in [2.45, 2.75) is 23.4 Å². The van der Waals surface area contributed by atoms with Gasteiger partial charge in [0, 0.05) is 55.0 Å². The van der Waals surface area contributed by atoms with Gasteiger partial charge in [0.05, 0.1) is 12.4 Å². The highest BCUT2D eigenvalue weighted by molar-refractivity contribution is 14.1. The topological polar surface area (TPSA) is 107 Å². The Kier molecular flexibility index (Phi) is 9.18. The Labute approximate surface area is 211 Å². The number of rotatable bonds is 9. The molecule has 3 amide bonds. The molecule has 9 nitrogen and oxygen atoms in total. The standard InChI is InChI=1S/C22H29IN6O3S/c1-28(2)22(32)17(11-24-13-25-19(30)15-6-4-14(10-23)5-7-15)26-20(31)21-27-16-8-9-29(3)12-18(16)33-21/h4-7,17,24H,8-13H2,1-3H3,(H,25,30)(H,26,31). The van der Waals surface area contributed by atoms with Crippen LogP contribution in [0.5, 0.6) is 0 Å². The molecule has 178 valence electrons. The summed E-state index contributed by atoms with van der Waals surface area (Å²) in [6.45, 7) is 2.03. The average molecular weight is 584 g/mol. The predicted molar refractivity (Wildman–Crippen MR) is 137 cm³/mol. The van der Waals surface area contributed by atoms with E-state index in [1.807, 2.05) is 19.2 Å². The molecule has 1 aliphatic rings. The van der Waals surface area contributed by atoms with Crippen molar-refractivity contribution >= 4 is 51.6 Å². The van der Waals surface area contributed by atoms with Crippen LogP contribution < -0.4 is 16.0 Å². The second-order valence-electron chi connectivity index (χ2n) is 8.10. The van der Waals surface area contributed by atoms with Crippen molar-refractivity contribution in [3.8, 4) is 0 Å². The van der Waals surface area contributed by atoms with Gasteiger partial charge in [0.25, 0.3) is 11.8 Å². The molecule has 33 heavy (non-hydrogen) atoms. The fraction of sp³-hybridized carbons (Fsp3) is 0.455. The van der Waals surface area contributed by atoms with E-state index in [1.165, 1.54) is 16.2 Å². The molecule has 0 radical (unpaired) electrons. The molecule has 2 heterocycles. The summed E-state index contributed by atoms with van der Waals surface area (Å²) >= 11 is 3.65. The van der Waals surface area contributed by atoms with Crippen LogP contribution in [0.1, 0.15) is 36.3 Å². The number of amides is 3. The van der Waals surface area contributed by atoms with Crippen LogP contribution in [-0.4, -0.2) is 79.4 Å². The number of likely N-dealkylation sites (N-methyl/N-ethyl adjacent to an activating group) is 2. The van der Waals surface area contributed by atoms with E-state index in [9.17, 15) is 14.4 Å². The summed E-state index contributed by atoms with van der Waals surface area (Å²) in [6.07, 6.45) is 0.817. The Morgan fingerprint density at radius 1 is 1.21 bits per heavy atom. The maximum Gasteiger partial charge on any atom is 0.280 e. The number of aromatic nitrogens is 1. The predicted octanol–water partition coefficient (Wildman–Crippen LogP) is 1.23. The quantitative estimate of drug-likeness (QED) is 0.177. The molecule has 0 saturated carbocycles. The van der Waals surface area contributed by atoms with Crippen LogP contribution in [0.3, 0.4) is 0 Å². The van der Waals surface area contributed by atoms with Crippen molar-refractivity contribution in [3.63, 3.8) is 0 Å². The molecule has 0 aliphatic carbocycles. The number of thiazole rings is 1. The smallest absolute Gasteiger partial charge is 0.280 e. The Hall–Kier alpha value is -2.09. The molecule has 2 aromatic rings. The first kappa shape index (κ1) is 25.5. The number of benzene rings is 1. The minimum atomic E-state index is -0.782. The fourth-order valence-electron chi connectivity index (χ4n) is 3.36. The SMILES string of the molecule is CN1CCc2nc(C(=O)NC(CNCNC(=O)c3ccc(CI)cc3)C(=O)N(C)C)sc2C1. The molecular formula is C22H29IN6O3S. The van der Waals surface area contributed by atoms with Gasteiger partial charge in [-0.25, -0.2) is 4.98 Å². The molecule has 1 atom stereocenters. The first-order valence-corrected chi connectivity index (χ1v) is 13.0. The molecular weight excluding hydrogens is 555 g/mol. The van der Waals surface area contributed by atoms with Crippen molar-refractivity contribution in [1.82, 2.24) is 30.7 Å². The molecule has 1 aliphatic heterocycles. The highest BCUT2D eigenvalue weighted by Crippen LogP contribution is 2.24. The molecule has 1 aromatic carbocycles. The van der Waals surface area contributed by atoms with E-state index in [0.717, 1.165) is 40.1 Å². The van der Waals surface area contributed by atoms with Gasteiger partial charge in [-0.1, -0.05) is 34.7 Å². The summed E-state index contributed by atoms with van der Waals surface area (Å²) in [5, 5.41) is 8.98. The first-order valence-electron chi connectivity index (χ1n) is 10.6. The lowest BCUT2D eigenvalue weighted by molar-refractivity contribution is -0.130. The molecule has 11 heteroatoms. The average Bonchev–Trinajstić information content (AvgIpc) is 3.23.